The predicted octanol–water partition coefficient (Wildman–Crippen LogP) is 5.94. The first kappa shape index (κ1) is 27.8. The van der Waals surface area contributed by atoms with Gasteiger partial charge in [-0.3, -0.25) is 4.79 Å². The Hall–Kier alpha value is -3.75. The fourth-order valence-corrected chi connectivity index (χ4v) is 4.05. The maximum atomic E-state index is 11.8. The van der Waals surface area contributed by atoms with Gasteiger partial charge in [0.2, 0.25) is 5.91 Å². The highest BCUT2D eigenvalue weighted by Crippen LogP contribution is 2.28. The molecule has 0 bridgehead atoms. The zero-order chi connectivity index (χ0) is 26.8. The van der Waals surface area contributed by atoms with Crippen LogP contribution in [0.3, 0.4) is 0 Å². The van der Waals surface area contributed by atoms with E-state index >= 15 is 0 Å². The monoisotopic (exact) mass is 516 g/mol. The van der Waals surface area contributed by atoms with Gasteiger partial charge >= 0.3 is 12.1 Å². The first-order chi connectivity index (χ1) is 17.7. The summed E-state index contributed by atoms with van der Waals surface area (Å²) in [5, 5.41) is 12.7. The van der Waals surface area contributed by atoms with Gasteiger partial charge in [0.25, 0.3) is 0 Å². The fraction of sp³-hybridized carbons (Fsp3) is 0.357. The summed E-state index contributed by atoms with van der Waals surface area (Å²) in [5.41, 5.74) is 2.42. The number of fused-ring (bicyclic) bond motifs is 1. The Morgan fingerprint density at radius 1 is 1.00 bits per heavy atom. The second-order valence-electron chi connectivity index (χ2n) is 8.85. The lowest BCUT2D eigenvalue weighted by Gasteiger charge is -2.34. The van der Waals surface area contributed by atoms with E-state index in [1.807, 2.05) is 31.2 Å². The molecular weight excluding hydrogens is 485 g/mol. The molecule has 37 heavy (non-hydrogen) atoms. The highest BCUT2D eigenvalue weighted by molar-refractivity contribution is 5.87. The Morgan fingerprint density at radius 3 is 2.24 bits per heavy atom. The van der Waals surface area contributed by atoms with Crippen molar-refractivity contribution in [2.45, 2.75) is 51.4 Å². The Kier molecular flexibility index (Phi) is 9.77. The van der Waals surface area contributed by atoms with Gasteiger partial charge in [-0.05, 0) is 59.9 Å². The summed E-state index contributed by atoms with van der Waals surface area (Å²) in [6, 6.07) is 23.5. The van der Waals surface area contributed by atoms with E-state index in [2.05, 4.69) is 52.7 Å². The maximum absolute atomic E-state index is 11.8. The van der Waals surface area contributed by atoms with E-state index in [9.17, 15) is 18.0 Å². The molecule has 2 N–H and O–H groups in total. The van der Waals surface area contributed by atoms with Crippen LogP contribution in [0, 0.1) is 0 Å². The number of carbonyl (C=O) groups excluding carboxylic acids is 1. The molecule has 1 amide bonds. The van der Waals surface area contributed by atoms with Gasteiger partial charge in [-0.25, -0.2) is 4.79 Å². The minimum absolute atomic E-state index is 0.187. The molecular formula is C28H31F3N2O4. The van der Waals surface area contributed by atoms with Crippen LogP contribution in [0.2, 0.25) is 0 Å². The van der Waals surface area contributed by atoms with Crippen LogP contribution in [-0.4, -0.2) is 42.3 Å². The first-order valence-corrected chi connectivity index (χ1v) is 12.2. The van der Waals surface area contributed by atoms with Crippen molar-refractivity contribution >= 4 is 28.3 Å². The quantitative estimate of drug-likeness (QED) is 0.407. The Morgan fingerprint density at radius 2 is 1.62 bits per heavy atom. The molecule has 1 saturated heterocycles. The van der Waals surface area contributed by atoms with Crippen molar-refractivity contribution in [3.8, 4) is 5.75 Å². The molecule has 6 nitrogen and oxygen atoms in total. The minimum Gasteiger partial charge on any atom is -0.489 e. The number of rotatable bonds is 7. The number of halogens is 3. The lowest BCUT2D eigenvalue weighted by Crippen LogP contribution is -2.44. The van der Waals surface area contributed by atoms with Crippen LogP contribution in [0.15, 0.2) is 66.7 Å². The minimum atomic E-state index is -5.08. The highest BCUT2D eigenvalue weighted by Gasteiger charge is 2.38. The summed E-state index contributed by atoms with van der Waals surface area (Å²) in [6.07, 6.45) is -1.55. The standard InChI is InChI=1S/C26H30N2O2.C2HF3O2/c1-2-6-26(29)27-23-13-15-28(16-14-23)24-11-9-22-18-25(12-10-21(22)17-24)30-19-20-7-4-3-5-8-20;3-2(4,5)1(6)7/h3-5,7-12,17-18,23H,2,6,13-16,19H2,1H3,(H,27,29);(H,6,7). The number of hydrogen-bond donors (Lipinski definition) is 2. The highest BCUT2D eigenvalue weighted by atomic mass is 19.4. The van der Waals surface area contributed by atoms with Gasteiger partial charge in [0.05, 0.1) is 0 Å². The molecule has 0 aliphatic carbocycles. The molecule has 198 valence electrons. The number of piperidine rings is 1. The van der Waals surface area contributed by atoms with Crippen LogP contribution in [0.5, 0.6) is 5.75 Å². The number of anilines is 1. The van der Waals surface area contributed by atoms with Crippen molar-refractivity contribution < 1.29 is 32.6 Å². The largest absolute Gasteiger partial charge is 0.490 e. The number of carbonyl (C=O) groups is 2. The van der Waals surface area contributed by atoms with Crippen molar-refractivity contribution in [2.24, 2.45) is 0 Å². The Bertz CT molecular complexity index is 1180. The van der Waals surface area contributed by atoms with Crippen molar-refractivity contribution in [3.63, 3.8) is 0 Å². The Balaban J connectivity index is 0.000000479. The summed E-state index contributed by atoms with van der Waals surface area (Å²) < 4.78 is 37.7. The zero-order valence-corrected chi connectivity index (χ0v) is 20.6. The fourth-order valence-electron chi connectivity index (χ4n) is 4.05. The number of nitrogens with zero attached hydrogens (tertiary/aromatic N) is 1. The van der Waals surface area contributed by atoms with E-state index in [1.165, 1.54) is 22.0 Å². The molecule has 0 saturated carbocycles. The third-order valence-electron chi connectivity index (χ3n) is 5.99. The van der Waals surface area contributed by atoms with Crippen molar-refractivity contribution in [3.05, 3.63) is 72.3 Å². The molecule has 0 unspecified atom stereocenters. The van der Waals surface area contributed by atoms with E-state index in [-0.39, 0.29) is 5.91 Å². The SMILES string of the molecule is CCCC(=O)NC1CCN(c2ccc3cc(OCc4ccccc4)ccc3c2)CC1.O=C(O)C(F)(F)F. The number of ether oxygens (including phenoxy) is 1. The number of nitrogens with one attached hydrogen (secondary N) is 1. The molecule has 0 radical (unpaired) electrons. The van der Waals surface area contributed by atoms with Crippen LogP contribution >= 0.6 is 0 Å². The second-order valence-corrected chi connectivity index (χ2v) is 8.85. The molecule has 9 heteroatoms. The van der Waals surface area contributed by atoms with Gasteiger partial charge < -0.3 is 20.1 Å². The number of alkyl halides is 3. The zero-order valence-electron chi connectivity index (χ0n) is 20.6. The maximum Gasteiger partial charge on any atom is 0.490 e. The molecule has 4 rings (SSSR count). The summed E-state index contributed by atoms with van der Waals surface area (Å²) in [7, 11) is 0. The van der Waals surface area contributed by atoms with E-state index in [0.29, 0.717) is 19.1 Å². The van der Waals surface area contributed by atoms with Crippen LogP contribution in [0.4, 0.5) is 18.9 Å². The van der Waals surface area contributed by atoms with E-state index in [4.69, 9.17) is 14.6 Å². The number of amides is 1. The van der Waals surface area contributed by atoms with E-state index in [1.54, 1.807) is 0 Å². The lowest BCUT2D eigenvalue weighted by atomic mass is 10.0. The third kappa shape index (κ3) is 8.70. The molecule has 0 spiro atoms. The number of benzene rings is 3. The van der Waals surface area contributed by atoms with Crippen molar-refractivity contribution in [1.82, 2.24) is 5.32 Å². The van der Waals surface area contributed by atoms with Crippen LogP contribution < -0.4 is 15.0 Å². The molecule has 1 heterocycles. The predicted molar refractivity (Wildman–Crippen MR) is 137 cm³/mol. The van der Waals surface area contributed by atoms with E-state index < -0.39 is 12.1 Å². The van der Waals surface area contributed by atoms with E-state index in [0.717, 1.165) is 38.1 Å². The molecule has 1 aliphatic heterocycles. The smallest absolute Gasteiger partial charge is 0.489 e. The van der Waals surface area contributed by atoms with Gasteiger partial charge in [-0.15, -0.1) is 0 Å². The summed E-state index contributed by atoms with van der Waals surface area (Å²) in [5.74, 6) is -1.68. The van der Waals surface area contributed by atoms with Gasteiger partial charge in [0.15, 0.2) is 0 Å². The molecule has 3 aromatic rings. The topological polar surface area (TPSA) is 78.9 Å². The van der Waals surface area contributed by atoms with Gasteiger partial charge in [-0.2, -0.15) is 13.2 Å². The average molecular weight is 517 g/mol. The molecule has 0 aromatic heterocycles. The number of aliphatic carboxylic acids is 1. The number of hydrogen-bond acceptors (Lipinski definition) is 4. The normalized spacial score (nSPS) is 14.0. The van der Waals surface area contributed by atoms with Gasteiger partial charge in [0.1, 0.15) is 12.4 Å². The molecule has 1 fully saturated rings. The van der Waals surface area contributed by atoms with Gasteiger partial charge in [-0.1, -0.05) is 49.4 Å². The van der Waals surface area contributed by atoms with Crippen molar-refractivity contribution in [2.75, 3.05) is 18.0 Å². The third-order valence-corrected chi connectivity index (χ3v) is 5.99. The lowest BCUT2D eigenvalue weighted by molar-refractivity contribution is -0.192. The number of carboxylic acid groups (broad SMARTS) is 1. The second kappa shape index (κ2) is 13.0. The van der Waals surface area contributed by atoms with Crippen LogP contribution in [0.1, 0.15) is 38.2 Å². The summed E-state index contributed by atoms with van der Waals surface area (Å²) >= 11 is 0. The van der Waals surface area contributed by atoms with Crippen molar-refractivity contribution in [1.29, 1.82) is 0 Å². The average Bonchev–Trinajstić information content (AvgIpc) is 2.88. The summed E-state index contributed by atoms with van der Waals surface area (Å²) in [6.45, 7) is 4.57. The Labute approximate surface area is 214 Å². The van der Waals surface area contributed by atoms with Gasteiger partial charge in [0, 0.05) is 31.2 Å². The van der Waals surface area contributed by atoms with Crippen LogP contribution in [-0.2, 0) is 16.2 Å². The number of carboxylic acids is 1. The molecule has 0 atom stereocenters. The van der Waals surface area contributed by atoms with Crippen LogP contribution in [0.25, 0.3) is 10.8 Å². The first-order valence-electron chi connectivity index (χ1n) is 12.2. The molecule has 1 aliphatic rings. The summed E-state index contributed by atoms with van der Waals surface area (Å²) in [4.78, 5) is 23.1. The molecule has 3 aromatic carbocycles.